The largest absolute Gasteiger partial charge is 0.328 e. The molecule has 1 saturated carbocycles. The number of aryl methyl sites for hydroxylation is 1. The summed E-state index contributed by atoms with van der Waals surface area (Å²) in [6.07, 6.45) is 4.23. The number of halogens is 3. The Hall–Kier alpha value is -3.28. The first-order valence-corrected chi connectivity index (χ1v) is 12.8. The van der Waals surface area contributed by atoms with E-state index in [1.807, 2.05) is 0 Å². The maximum Gasteiger partial charge on any atom is 0.268 e. The van der Waals surface area contributed by atoms with Crippen LogP contribution in [0.3, 0.4) is 0 Å². The minimum Gasteiger partial charge on any atom is -0.328 e. The van der Waals surface area contributed by atoms with Gasteiger partial charge in [0.15, 0.2) is 17.5 Å². The first-order valence-electron chi connectivity index (χ1n) is 11.4. The molecule has 0 aliphatic heterocycles. The molecular formula is C25H24F3N5O2S. The van der Waals surface area contributed by atoms with Crippen molar-refractivity contribution in [1.82, 2.24) is 13.9 Å². The van der Waals surface area contributed by atoms with Gasteiger partial charge in [0.05, 0.1) is 16.6 Å². The van der Waals surface area contributed by atoms with Gasteiger partial charge in [0.1, 0.15) is 17.0 Å². The molecular weight excluding hydrogens is 491 g/mol. The number of hydrogen-bond donors (Lipinski definition) is 2. The van der Waals surface area contributed by atoms with E-state index in [1.54, 1.807) is 19.1 Å². The van der Waals surface area contributed by atoms with Crippen LogP contribution in [0.4, 0.5) is 13.2 Å². The summed E-state index contributed by atoms with van der Waals surface area (Å²) in [5, 5.41) is -0.0767. The van der Waals surface area contributed by atoms with Crippen LogP contribution in [0.2, 0.25) is 0 Å². The standard InChI is InChI=1S/C25H24F3N5O2S/c1-14-4-6-17(7-5-14)36(34,35)33-13-19(18-9-15(26)10-20(27)22(18)33)24-31-12-21(28)23(32-24)25(30)8-2-3-16(29)11-25/h4-7,9-10,12-13,16H,2-3,8,11,29-30H2,1H3. The lowest BCUT2D eigenvalue weighted by molar-refractivity contribution is 0.258. The number of nitrogens with zero attached hydrogens (tertiary/aromatic N) is 3. The third kappa shape index (κ3) is 4.06. The van der Waals surface area contributed by atoms with Crippen LogP contribution in [0.1, 0.15) is 36.9 Å². The molecule has 7 nitrogen and oxygen atoms in total. The second-order valence-corrected chi connectivity index (χ2v) is 11.2. The molecule has 2 aromatic carbocycles. The molecule has 2 atom stereocenters. The van der Waals surface area contributed by atoms with Crippen LogP contribution in [0.15, 0.2) is 53.7 Å². The van der Waals surface area contributed by atoms with Gasteiger partial charge in [-0.2, -0.15) is 0 Å². The van der Waals surface area contributed by atoms with E-state index in [4.69, 9.17) is 11.5 Å². The lowest BCUT2D eigenvalue weighted by atomic mass is 9.77. The lowest BCUT2D eigenvalue weighted by Gasteiger charge is -2.36. The number of hydrogen-bond acceptors (Lipinski definition) is 6. The Kier molecular flexibility index (Phi) is 5.89. The molecule has 0 saturated heterocycles. The van der Waals surface area contributed by atoms with Gasteiger partial charge in [0, 0.05) is 29.3 Å². The van der Waals surface area contributed by atoms with E-state index in [9.17, 15) is 17.2 Å². The fourth-order valence-corrected chi connectivity index (χ4v) is 6.23. The van der Waals surface area contributed by atoms with Crippen molar-refractivity contribution in [3.8, 4) is 11.4 Å². The van der Waals surface area contributed by atoms with E-state index in [0.29, 0.717) is 25.3 Å². The monoisotopic (exact) mass is 515 g/mol. The van der Waals surface area contributed by atoms with Crippen LogP contribution in [-0.2, 0) is 15.6 Å². The zero-order valence-electron chi connectivity index (χ0n) is 19.4. The third-order valence-electron chi connectivity index (χ3n) is 6.64. The lowest BCUT2D eigenvalue weighted by Crippen LogP contribution is -2.47. The van der Waals surface area contributed by atoms with Crippen LogP contribution in [0.5, 0.6) is 0 Å². The molecule has 2 aromatic heterocycles. The minimum absolute atomic E-state index is 0.0176. The molecule has 1 aliphatic rings. The van der Waals surface area contributed by atoms with Gasteiger partial charge in [0.2, 0.25) is 0 Å². The van der Waals surface area contributed by atoms with Crippen molar-refractivity contribution in [3.63, 3.8) is 0 Å². The molecule has 4 N–H and O–H groups in total. The minimum atomic E-state index is -4.28. The van der Waals surface area contributed by atoms with Crippen LogP contribution in [0, 0.1) is 24.4 Å². The highest BCUT2D eigenvalue weighted by Crippen LogP contribution is 2.37. The van der Waals surface area contributed by atoms with Crippen LogP contribution in [0.25, 0.3) is 22.3 Å². The first-order chi connectivity index (χ1) is 17.0. The van der Waals surface area contributed by atoms with Gasteiger partial charge in [-0.05, 0) is 50.8 Å². The number of rotatable bonds is 4. The van der Waals surface area contributed by atoms with Crippen molar-refractivity contribution in [2.75, 3.05) is 0 Å². The average Bonchev–Trinajstić information content (AvgIpc) is 3.20. The fourth-order valence-electron chi connectivity index (χ4n) is 4.85. The maximum absolute atomic E-state index is 15.0. The summed E-state index contributed by atoms with van der Waals surface area (Å²) in [6, 6.07) is 7.38. The van der Waals surface area contributed by atoms with E-state index >= 15 is 4.39 Å². The number of nitrogens with two attached hydrogens (primary N) is 2. The smallest absolute Gasteiger partial charge is 0.268 e. The second kappa shape index (κ2) is 8.68. The van der Waals surface area contributed by atoms with Gasteiger partial charge in [-0.25, -0.2) is 35.5 Å². The van der Waals surface area contributed by atoms with Gasteiger partial charge in [-0.1, -0.05) is 17.7 Å². The van der Waals surface area contributed by atoms with Crippen molar-refractivity contribution < 1.29 is 21.6 Å². The molecule has 0 bridgehead atoms. The number of benzene rings is 2. The fraction of sp³-hybridized carbons (Fsp3) is 0.280. The van der Waals surface area contributed by atoms with Gasteiger partial charge in [-0.15, -0.1) is 0 Å². The highest BCUT2D eigenvalue weighted by atomic mass is 32.2. The summed E-state index contributed by atoms with van der Waals surface area (Å²) >= 11 is 0. The molecule has 188 valence electrons. The average molecular weight is 516 g/mol. The van der Waals surface area contributed by atoms with Crippen LogP contribution in [-0.4, -0.2) is 28.4 Å². The highest BCUT2D eigenvalue weighted by Gasteiger charge is 2.37. The highest BCUT2D eigenvalue weighted by molar-refractivity contribution is 7.90. The van der Waals surface area contributed by atoms with Crippen molar-refractivity contribution in [1.29, 1.82) is 0 Å². The Morgan fingerprint density at radius 2 is 1.83 bits per heavy atom. The topological polar surface area (TPSA) is 117 Å². The molecule has 0 spiro atoms. The molecule has 0 amide bonds. The molecule has 36 heavy (non-hydrogen) atoms. The van der Waals surface area contributed by atoms with E-state index in [2.05, 4.69) is 9.97 Å². The molecule has 2 unspecified atom stereocenters. The van der Waals surface area contributed by atoms with E-state index in [-0.39, 0.29) is 38.9 Å². The maximum atomic E-state index is 15.0. The van der Waals surface area contributed by atoms with E-state index < -0.39 is 33.0 Å². The summed E-state index contributed by atoms with van der Waals surface area (Å²) in [6.45, 7) is 1.80. The molecule has 4 aromatic rings. The Labute approximate surface area is 206 Å². The van der Waals surface area contributed by atoms with Crippen molar-refractivity contribution in [2.45, 2.75) is 49.1 Å². The van der Waals surface area contributed by atoms with Gasteiger partial charge >= 0.3 is 0 Å². The van der Waals surface area contributed by atoms with Crippen molar-refractivity contribution in [2.24, 2.45) is 11.5 Å². The van der Waals surface area contributed by atoms with Crippen molar-refractivity contribution in [3.05, 3.63) is 77.5 Å². The Balaban J connectivity index is 1.74. The van der Waals surface area contributed by atoms with Crippen LogP contribution < -0.4 is 11.5 Å². The summed E-state index contributed by atoms with van der Waals surface area (Å²) in [5.41, 5.74) is 11.8. The van der Waals surface area contributed by atoms with E-state index in [0.717, 1.165) is 34.4 Å². The molecule has 11 heteroatoms. The molecule has 1 fully saturated rings. The molecule has 0 radical (unpaired) electrons. The summed E-state index contributed by atoms with van der Waals surface area (Å²) in [5.74, 6) is -2.84. The summed E-state index contributed by atoms with van der Waals surface area (Å²) in [4.78, 5) is 8.27. The Bertz CT molecular complexity index is 1590. The SMILES string of the molecule is Cc1ccc(S(=O)(=O)n2cc(-c3ncc(F)c(C4(N)CCCC(N)C4)n3)c3cc(F)cc(F)c32)cc1. The van der Waals surface area contributed by atoms with Gasteiger partial charge < -0.3 is 11.5 Å². The molecule has 5 rings (SSSR count). The van der Waals surface area contributed by atoms with Crippen molar-refractivity contribution >= 4 is 20.9 Å². The molecule has 2 heterocycles. The predicted octanol–water partition coefficient (Wildman–Crippen LogP) is 4.12. The quantitative estimate of drug-likeness (QED) is 0.422. The zero-order valence-corrected chi connectivity index (χ0v) is 20.2. The summed E-state index contributed by atoms with van der Waals surface area (Å²) in [7, 11) is -4.28. The summed E-state index contributed by atoms with van der Waals surface area (Å²) < 4.78 is 71.8. The van der Waals surface area contributed by atoms with Gasteiger partial charge in [0.25, 0.3) is 10.0 Å². The predicted molar refractivity (Wildman–Crippen MR) is 129 cm³/mol. The number of aromatic nitrogens is 3. The third-order valence-corrected chi connectivity index (χ3v) is 8.32. The Morgan fingerprint density at radius 1 is 1.11 bits per heavy atom. The number of fused-ring (bicyclic) bond motifs is 1. The van der Waals surface area contributed by atoms with Crippen LogP contribution >= 0.6 is 0 Å². The normalized spacial score (nSPS) is 20.7. The Morgan fingerprint density at radius 3 is 2.53 bits per heavy atom. The first kappa shape index (κ1) is 24.4. The molecule has 1 aliphatic carbocycles. The van der Waals surface area contributed by atoms with E-state index in [1.165, 1.54) is 12.1 Å². The second-order valence-electron chi connectivity index (χ2n) is 9.34. The van der Waals surface area contributed by atoms with Gasteiger partial charge in [-0.3, -0.25) is 0 Å². The zero-order chi connectivity index (χ0) is 25.8.